The Labute approximate surface area is 125 Å². The van der Waals surface area contributed by atoms with E-state index >= 15 is 0 Å². The molecule has 0 aliphatic heterocycles. The Morgan fingerprint density at radius 2 is 2.14 bits per heavy atom. The van der Waals surface area contributed by atoms with Gasteiger partial charge in [-0.25, -0.2) is 0 Å². The van der Waals surface area contributed by atoms with E-state index in [1.54, 1.807) is 6.92 Å². The predicted molar refractivity (Wildman–Crippen MR) is 77.6 cm³/mol. The van der Waals surface area contributed by atoms with Crippen molar-refractivity contribution in [3.8, 4) is 0 Å². The number of fused-ring (bicyclic) bond motifs is 3. The lowest BCUT2D eigenvalue weighted by Crippen LogP contribution is -2.23. The largest absolute Gasteiger partial charge is 0.468 e. The van der Waals surface area contributed by atoms with Gasteiger partial charge in [0.15, 0.2) is 5.16 Å². The number of hydrogen-bond acceptors (Lipinski definition) is 6. The van der Waals surface area contributed by atoms with Crippen LogP contribution in [0.4, 0.5) is 0 Å². The molecule has 0 spiro atoms. The van der Waals surface area contributed by atoms with Crippen molar-refractivity contribution in [2.75, 3.05) is 7.11 Å². The van der Waals surface area contributed by atoms with Crippen LogP contribution in [-0.4, -0.2) is 37.9 Å². The summed E-state index contributed by atoms with van der Waals surface area (Å²) in [5.41, 5.74) is 1.69. The van der Waals surface area contributed by atoms with Gasteiger partial charge in [-0.1, -0.05) is 11.8 Å². The highest BCUT2D eigenvalue weighted by Crippen LogP contribution is 2.26. The van der Waals surface area contributed by atoms with E-state index in [0.29, 0.717) is 10.9 Å². The average molecular weight is 308 g/mol. The maximum absolute atomic E-state index is 12.0. The molecule has 1 unspecified atom stereocenters. The van der Waals surface area contributed by atoms with E-state index < -0.39 is 0 Å². The third-order valence-corrected chi connectivity index (χ3v) is 4.68. The van der Waals surface area contributed by atoms with Crippen molar-refractivity contribution in [2.45, 2.75) is 43.0 Å². The van der Waals surface area contributed by atoms with Crippen LogP contribution in [-0.2, 0) is 22.4 Å². The molecule has 1 aliphatic rings. The molecule has 2 heterocycles. The number of hydrogen-bond donors (Lipinski definition) is 1. The van der Waals surface area contributed by atoms with Crippen molar-refractivity contribution in [3.05, 3.63) is 21.6 Å². The fourth-order valence-electron chi connectivity index (χ4n) is 2.60. The van der Waals surface area contributed by atoms with Crippen molar-refractivity contribution in [1.29, 1.82) is 0 Å². The standard InChI is InChI=1S/C13H16N4O3S/c1-7(11(19)20-2)21-13-16-15-12-14-10(18)8-5-3-4-6-9(8)17(12)13/h7H,3-6H2,1-2H3,(H,14,15,18). The average Bonchev–Trinajstić information content (AvgIpc) is 2.89. The van der Waals surface area contributed by atoms with E-state index in [1.807, 2.05) is 4.40 Å². The Morgan fingerprint density at radius 3 is 2.90 bits per heavy atom. The SMILES string of the molecule is COC(=O)C(C)Sc1nnc2[nH]c(=O)c3c(n12)CCCC3. The molecular formula is C13H16N4O3S. The number of ether oxygens (including phenoxy) is 1. The van der Waals surface area contributed by atoms with Crippen LogP contribution in [0, 0.1) is 0 Å². The number of rotatable bonds is 3. The lowest BCUT2D eigenvalue weighted by molar-refractivity contribution is -0.139. The molecule has 2 aromatic heterocycles. The maximum Gasteiger partial charge on any atom is 0.318 e. The summed E-state index contributed by atoms with van der Waals surface area (Å²) in [5, 5.41) is 8.34. The second kappa shape index (κ2) is 5.51. The molecular weight excluding hydrogens is 292 g/mol. The summed E-state index contributed by atoms with van der Waals surface area (Å²) in [6, 6.07) is 0. The van der Waals surface area contributed by atoms with Crippen molar-refractivity contribution in [1.82, 2.24) is 19.6 Å². The molecule has 0 saturated heterocycles. The van der Waals surface area contributed by atoms with Gasteiger partial charge in [0.2, 0.25) is 5.78 Å². The number of esters is 1. The van der Waals surface area contributed by atoms with Gasteiger partial charge >= 0.3 is 5.97 Å². The van der Waals surface area contributed by atoms with Crippen LogP contribution in [0.15, 0.2) is 9.95 Å². The van der Waals surface area contributed by atoms with Crippen LogP contribution >= 0.6 is 11.8 Å². The summed E-state index contributed by atoms with van der Waals surface area (Å²) in [6.45, 7) is 1.76. The van der Waals surface area contributed by atoms with Gasteiger partial charge in [0.25, 0.3) is 5.56 Å². The van der Waals surface area contributed by atoms with E-state index in [9.17, 15) is 9.59 Å². The molecule has 1 atom stereocenters. The summed E-state index contributed by atoms with van der Waals surface area (Å²) in [5.74, 6) is 0.121. The highest BCUT2D eigenvalue weighted by Gasteiger charge is 2.23. The predicted octanol–water partition coefficient (Wildman–Crippen LogP) is 0.950. The Kier molecular flexibility index (Phi) is 3.71. The zero-order chi connectivity index (χ0) is 15.0. The number of aryl methyl sites for hydroxylation is 1. The number of nitrogens with one attached hydrogen (secondary N) is 1. The second-order valence-electron chi connectivity index (χ2n) is 5.01. The number of nitrogens with zero attached hydrogens (tertiary/aromatic N) is 3. The first-order valence-corrected chi connectivity index (χ1v) is 7.73. The van der Waals surface area contributed by atoms with E-state index in [1.165, 1.54) is 18.9 Å². The van der Waals surface area contributed by atoms with Crippen molar-refractivity contribution in [3.63, 3.8) is 0 Å². The van der Waals surface area contributed by atoms with Crippen LogP contribution in [0.3, 0.4) is 0 Å². The van der Waals surface area contributed by atoms with Gasteiger partial charge in [0, 0.05) is 11.3 Å². The zero-order valence-electron chi connectivity index (χ0n) is 11.9. The van der Waals surface area contributed by atoms with Crippen LogP contribution in [0.25, 0.3) is 5.78 Å². The lowest BCUT2D eigenvalue weighted by Gasteiger charge is -2.17. The number of H-pyrrole nitrogens is 1. The molecule has 7 nitrogen and oxygen atoms in total. The summed E-state index contributed by atoms with van der Waals surface area (Å²) in [7, 11) is 1.36. The second-order valence-corrected chi connectivity index (χ2v) is 6.32. The molecule has 0 bridgehead atoms. The van der Waals surface area contributed by atoms with Crippen molar-refractivity contribution < 1.29 is 9.53 Å². The van der Waals surface area contributed by atoms with E-state index in [2.05, 4.69) is 15.2 Å². The van der Waals surface area contributed by atoms with E-state index in [4.69, 9.17) is 4.74 Å². The van der Waals surface area contributed by atoms with Gasteiger partial charge in [-0.2, -0.15) is 0 Å². The van der Waals surface area contributed by atoms with Gasteiger partial charge in [-0.05, 0) is 32.6 Å². The minimum Gasteiger partial charge on any atom is -0.468 e. The number of carbonyl (C=O) groups excluding carboxylic acids is 1. The number of methoxy groups -OCH3 is 1. The van der Waals surface area contributed by atoms with E-state index in [0.717, 1.165) is 36.9 Å². The topological polar surface area (TPSA) is 89.3 Å². The number of carbonyl (C=O) groups is 1. The van der Waals surface area contributed by atoms with Gasteiger partial charge in [-0.3, -0.25) is 19.0 Å². The third kappa shape index (κ3) is 2.44. The minimum atomic E-state index is -0.381. The number of aromatic nitrogens is 4. The van der Waals surface area contributed by atoms with Crippen LogP contribution in [0.1, 0.15) is 31.0 Å². The van der Waals surface area contributed by atoms with Gasteiger partial charge < -0.3 is 4.74 Å². The van der Waals surface area contributed by atoms with Gasteiger partial charge in [0.1, 0.15) is 5.25 Å². The van der Waals surface area contributed by atoms with Crippen molar-refractivity contribution in [2.24, 2.45) is 0 Å². The molecule has 112 valence electrons. The smallest absolute Gasteiger partial charge is 0.318 e. The van der Waals surface area contributed by atoms with Crippen LogP contribution in [0.2, 0.25) is 0 Å². The van der Waals surface area contributed by atoms with E-state index in [-0.39, 0.29) is 16.8 Å². The molecule has 1 N–H and O–H groups in total. The first-order chi connectivity index (χ1) is 10.1. The molecule has 0 amide bonds. The lowest BCUT2D eigenvalue weighted by atomic mass is 9.97. The third-order valence-electron chi connectivity index (χ3n) is 3.66. The fraction of sp³-hybridized carbons (Fsp3) is 0.538. The highest BCUT2D eigenvalue weighted by atomic mass is 32.2. The molecule has 0 radical (unpaired) electrons. The molecule has 8 heteroatoms. The Bertz CT molecular complexity index is 752. The Hall–Kier alpha value is -1.83. The number of thioether (sulfide) groups is 1. The Balaban J connectivity index is 2.08. The highest BCUT2D eigenvalue weighted by molar-refractivity contribution is 8.00. The quantitative estimate of drug-likeness (QED) is 0.671. The summed E-state index contributed by atoms with van der Waals surface area (Å²) >= 11 is 1.28. The summed E-state index contributed by atoms with van der Waals surface area (Å²) in [4.78, 5) is 26.4. The summed E-state index contributed by atoms with van der Waals surface area (Å²) < 4.78 is 6.59. The first-order valence-electron chi connectivity index (χ1n) is 6.85. The normalized spacial score (nSPS) is 15.7. The molecule has 0 fully saturated rings. The molecule has 2 aromatic rings. The maximum atomic E-state index is 12.0. The van der Waals surface area contributed by atoms with Gasteiger partial charge in [-0.15, -0.1) is 10.2 Å². The molecule has 0 aromatic carbocycles. The first kappa shape index (κ1) is 14.1. The van der Waals surface area contributed by atoms with Crippen LogP contribution in [0.5, 0.6) is 0 Å². The molecule has 21 heavy (non-hydrogen) atoms. The van der Waals surface area contributed by atoms with Gasteiger partial charge in [0.05, 0.1) is 7.11 Å². The zero-order valence-corrected chi connectivity index (χ0v) is 12.7. The monoisotopic (exact) mass is 308 g/mol. The fourth-order valence-corrected chi connectivity index (χ4v) is 3.50. The minimum absolute atomic E-state index is 0.0813. The number of aromatic amines is 1. The van der Waals surface area contributed by atoms with Crippen LogP contribution < -0.4 is 5.56 Å². The molecule has 3 rings (SSSR count). The Morgan fingerprint density at radius 1 is 1.38 bits per heavy atom. The van der Waals surface area contributed by atoms with Crippen molar-refractivity contribution >= 4 is 23.5 Å². The molecule has 0 saturated carbocycles. The summed E-state index contributed by atoms with van der Waals surface area (Å²) in [6.07, 6.45) is 3.66. The molecule has 1 aliphatic carbocycles.